The standard InChI is InChI=1S/C10H5ClFN3O5/c11-3-1-4(12)7(5(16)2-3)15-10(20)13-8(17)6(14-15)9(18)19/h1-2,16H,(H,18,19)(H,13,17,20). The average Bonchev–Trinajstić information content (AvgIpc) is 2.29. The van der Waals surface area contributed by atoms with Gasteiger partial charge in [-0.1, -0.05) is 11.6 Å². The number of phenols is 1. The molecule has 0 spiro atoms. The Kier molecular flexibility index (Phi) is 3.28. The molecule has 2 rings (SSSR count). The molecule has 20 heavy (non-hydrogen) atoms. The van der Waals surface area contributed by atoms with Crippen LogP contribution in [0.25, 0.3) is 5.69 Å². The number of carbonyl (C=O) groups is 1. The first-order valence-corrected chi connectivity index (χ1v) is 5.34. The van der Waals surface area contributed by atoms with Crippen LogP contribution >= 0.6 is 11.6 Å². The lowest BCUT2D eigenvalue weighted by Crippen LogP contribution is -2.36. The van der Waals surface area contributed by atoms with E-state index < -0.39 is 40.2 Å². The van der Waals surface area contributed by atoms with Gasteiger partial charge in [-0.25, -0.2) is 14.0 Å². The Labute approximate surface area is 113 Å². The summed E-state index contributed by atoms with van der Waals surface area (Å²) in [5.41, 5.74) is -4.21. The summed E-state index contributed by atoms with van der Waals surface area (Å²) in [7, 11) is 0. The van der Waals surface area contributed by atoms with Gasteiger partial charge in [0.1, 0.15) is 11.4 Å². The molecule has 0 aliphatic heterocycles. The maximum atomic E-state index is 13.7. The molecule has 10 heteroatoms. The van der Waals surface area contributed by atoms with Crippen LogP contribution in [0, 0.1) is 5.82 Å². The number of phenolic OH excluding ortho intramolecular Hbond substituents is 1. The Morgan fingerprint density at radius 1 is 1.40 bits per heavy atom. The van der Waals surface area contributed by atoms with Crippen molar-refractivity contribution in [3.8, 4) is 11.4 Å². The van der Waals surface area contributed by atoms with Gasteiger partial charge in [0.2, 0.25) is 5.69 Å². The highest BCUT2D eigenvalue weighted by Gasteiger charge is 2.19. The third-order valence-corrected chi connectivity index (χ3v) is 2.47. The second-order valence-corrected chi connectivity index (χ2v) is 4.02. The molecule has 0 fully saturated rings. The molecule has 0 saturated heterocycles. The van der Waals surface area contributed by atoms with Crippen LogP contribution in [0.15, 0.2) is 21.7 Å². The maximum Gasteiger partial charge on any atom is 0.362 e. The second kappa shape index (κ2) is 4.78. The molecule has 0 atom stereocenters. The first-order chi connectivity index (χ1) is 9.31. The van der Waals surface area contributed by atoms with Crippen LogP contribution in [0.3, 0.4) is 0 Å². The molecule has 104 valence electrons. The number of hydrogen-bond acceptors (Lipinski definition) is 5. The average molecular weight is 302 g/mol. The summed E-state index contributed by atoms with van der Waals surface area (Å²) >= 11 is 5.50. The highest BCUT2D eigenvalue weighted by molar-refractivity contribution is 6.30. The van der Waals surface area contributed by atoms with Crippen LogP contribution in [0.4, 0.5) is 4.39 Å². The van der Waals surface area contributed by atoms with Crippen molar-refractivity contribution >= 4 is 17.6 Å². The molecule has 0 amide bonds. The van der Waals surface area contributed by atoms with Gasteiger partial charge in [-0.15, -0.1) is 5.10 Å². The lowest BCUT2D eigenvalue weighted by molar-refractivity contribution is 0.0685. The SMILES string of the molecule is O=C(O)c1nn(-c2c(O)cc(Cl)cc2F)c(=O)[nH]c1=O. The van der Waals surface area contributed by atoms with Crippen molar-refractivity contribution in [3.05, 3.63) is 49.5 Å². The number of aromatic amines is 1. The Morgan fingerprint density at radius 3 is 2.60 bits per heavy atom. The van der Waals surface area contributed by atoms with Gasteiger partial charge < -0.3 is 10.2 Å². The summed E-state index contributed by atoms with van der Waals surface area (Å²) in [6.07, 6.45) is 0. The summed E-state index contributed by atoms with van der Waals surface area (Å²) in [5.74, 6) is -3.57. The van der Waals surface area contributed by atoms with Crippen molar-refractivity contribution < 1.29 is 19.4 Å². The third-order valence-electron chi connectivity index (χ3n) is 2.25. The summed E-state index contributed by atoms with van der Waals surface area (Å²) in [6, 6.07) is 1.72. The highest BCUT2D eigenvalue weighted by atomic mass is 35.5. The largest absolute Gasteiger partial charge is 0.506 e. The van der Waals surface area contributed by atoms with E-state index in [1.54, 1.807) is 4.98 Å². The van der Waals surface area contributed by atoms with Gasteiger partial charge in [-0.05, 0) is 6.07 Å². The number of aromatic carboxylic acids is 1. The van der Waals surface area contributed by atoms with E-state index in [1.807, 2.05) is 0 Å². The predicted octanol–water partition coefficient (Wildman–Crippen LogP) is 0.117. The van der Waals surface area contributed by atoms with Gasteiger partial charge in [-0.2, -0.15) is 4.68 Å². The molecule has 0 aliphatic carbocycles. The Hall–Kier alpha value is -2.68. The first-order valence-electron chi connectivity index (χ1n) is 4.96. The Morgan fingerprint density at radius 2 is 2.05 bits per heavy atom. The van der Waals surface area contributed by atoms with Gasteiger partial charge in [0.25, 0.3) is 5.56 Å². The Balaban J connectivity index is 2.84. The highest BCUT2D eigenvalue weighted by Crippen LogP contribution is 2.27. The fraction of sp³-hybridized carbons (Fsp3) is 0. The molecule has 1 aromatic heterocycles. The number of nitrogens with one attached hydrogen (secondary N) is 1. The zero-order valence-electron chi connectivity index (χ0n) is 9.42. The summed E-state index contributed by atoms with van der Waals surface area (Å²) < 4.78 is 14.0. The number of nitrogens with zero attached hydrogens (tertiary/aromatic N) is 2. The fourth-order valence-electron chi connectivity index (χ4n) is 1.45. The zero-order chi connectivity index (χ0) is 15.0. The number of aromatic nitrogens is 3. The molecule has 3 N–H and O–H groups in total. The number of benzene rings is 1. The van der Waals surface area contributed by atoms with Crippen molar-refractivity contribution in [1.29, 1.82) is 0 Å². The summed E-state index contributed by atoms with van der Waals surface area (Å²) in [6.45, 7) is 0. The van der Waals surface area contributed by atoms with Gasteiger partial charge in [0, 0.05) is 11.1 Å². The number of carboxylic acids is 1. The third kappa shape index (κ3) is 2.26. The van der Waals surface area contributed by atoms with Crippen LogP contribution in [-0.2, 0) is 0 Å². The van der Waals surface area contributed by atoms with Crippen LogP contribution in [0.1, 0.15) is 10.5 Å². The molecular formula is C10H5ClFN3O5. The number of aromatic hydroxyl groups is 1. The molecule has 0 radical (unpaired) electrons. The van der Waals surface area contributed by atoms with Crippen molar-refractivity contribution in [2.45, 2.75) is 0 Å². The van der Waals surface area contributed by atoms with Crippen LogP contribution in [-0.4, -0.2) is 30.9 Å². The lowest BCUT2D eigenvalue weighted by Gasteiger charge is -2.08. The van der Waals surface area contributed by atoms with E-state index in [4.69, 9.17) is 16.7 Å². The number of hydrogen-bond donors (Lipinski definition) is 3. The normalized spacial score (nSPS) is 10.5. The molecule has 8 nitrogen and oxygen atoms in total. The molecule has 1 aromatic carbocycles. The van der Waals surface area contributed by atoms with Crippen molar-refractivity contribution in [2.24, 2.45) is 0 Å². The molecule has 2 aromatic rings. The second-order valence-electron chi connectivity index (χ2n) is 3.58. The minimum absolute atomic E-state index is 0.139. The number of H-pyrrole nitrogens is 1. The number of carboxylic acid groups (broad SMARTS) is 1. The van der Waals surface area contributed by atoms with Gasteiger partial charge >= 0.3 is 11.7 Å². The van der Waals surface area contributed by atoms with E-state index in [-0.39, 0.29) is 9.70 Å². The minimum Gasteiger partial charge on any atom is -0.506 e. The van der Waals surface area contributed by atoms with E-state index in [1.165, 1.54) is 0 Å². The van der Waals surface area contributed by atoms with Crippen molar-refractivity contribution in [2.75, 3.05) is 0 Å². The summed E-state index contributed by atoms with van der Waals surface area (Å²) in [4.78, 5) is 35.2. The number of halogens is 2. The molecule has 1 heterocycles. The van der Waals surface area contributed by atoms with Gasteiger partial charge in [0.15, 0.2) is 5.82 Å². The topological polar surface area (TPSA) is 125 Å². The van der Waals surface area contributed by atoms with Crippen molar-refractivity contribution in [1.82, 2.24) is 14.8 Å². The Bertz CT molecular complexity index is 805. The van der Waals surface area contributed by atoms with E-state index in [0.717, 1.165) is 12.1 Å². The van der Waals surface area contributed by atoms with Gasteiger partial charge in [0.05, 0.1) is 0 Å². The van der Waals surface area contributed by atoms with E-state index in [0.29, 0.717) is 0 Å². The maximum absolute atomic E-state index is 13.7. The summed E-state index contributed by atoms with van der Waals surface area (Å²) in [5, 5.41) is 21.4. The van der Waals surface area contributed by atoms with E-state index >= 15 is 0 Å². The molecule has 0 aliphatic rings. The van der Waals surface area contributed by atoms with E-state index in [2.05, 4.69) is 5.10 Å². The minimum atomic E-state index is -1.71. The zero-order valence-corrected chi connectivity index (χ0v) is 10.2. The molecular weight excluding hydrogens is 297 g/mol. The molecule has 0 bridgehead atoms. The molecule has 0 saturated carbocycles. The van der Waals surface area contributed by atoms with Gasteiger partial charge in [-0.3, -0.25) is 9.78 Å². The fourth-order valence-corrected chi connectivity index (χ4v) is 1.65. The predicted molar refractivity (Wildman–Crippen MR) is 64.0 cm³/mol. The van der Waals surface area contributed by atoms with E-state index in [9.17, 15) is 23.9 Å². The van der Waals surface area contributed by atoms with Crippen LogP contribution < -0.4 is 11.2 Å². The molecule has 0 unspecified atom stereocenters. The quantitative estimate of drug-likeness (QED) is 0.723. The number of rotatable bonds is 2. The van der Waals surface area contributed by atoms with Crippen LogP contribution in [0.2, 0.25) is 5.02 Å². The smallest absolute Gasteiger partial charge is 0.362 e. The van der Waals surface area contributed by atoms with Crippen LogP contribution in [0.5, 0.6) is 5.75 Å². The lowest BCUT2D eigenvalue weighted by atomic mass is 10.3. The first kappa shape index (κ1) is 13.7. The monoisotopic (exact) mass is 301 g/mol. The van der Waals surface area contributed by atoms with Crippen molar-refractivity contribution in [3.63, 3.8) is 0 Å².